The monoisotopic (exact) mass is 426 g/mol. The summed E-state index contributed by atoms with van der Waals surface area (Å²) >= 11 is 0. The summed E-state index contributed by atoms with van der Waals surface area (Å²) in [5.74, 6) is 0.690. The van der Waals surface area contributed by atoms with E-state index in [0.717, 1.165) is 34.3 Å². The molecule has 4 aromatic rings. The van der Waals surface area contributed by atoms with Crippen molar-refractivity contribution in [2.24, 2.45) is 5.73 Å². The molecule has 0 fully saturated rings. The number of pyridine rings is 1. The van der Waals surface area contributed by atoms with Crippen molar-refractivity contribution in [1.82, 2.24) is 9.97 Å². The molecule has 4 N–H and O–H groups in total. The molecule has 1 atom stereocenters. The Hall–Kier alpha value is -3.64. The van der Waals surface area contributed by atoms with E-state index in [1.165, 1.54) is 10.9 Å². The minimum absolute atomic E-state index is 0.0176. The molecular formula is C26H26N4O2. The van der Waals surface area contributed by atoms with Gasteiger partial charge in [0, 0.05) is 40.6 Å². The lowest BCUT2D eigenvalue weighted by Gasteiger charge is -2.16. The molecule has 32 heavy (non-hydrogen) atoms. The van der Waals surface area contributed by atoms with E-state index in [9.17, 15) is 4.79 Å². The molecule has 0 unspecified atom stereocenters. The SMILES string of the molecule is CC1(C)C(=O)Nc2ccc(-c3cncc(OC[C@@H](N)Cc4c[nH]c5ccccc45)c3)cc21. The van der Waals surface area contributed by atoms with Gasteiger partial charge in [0.25, 0.3) is 0 Å². The van der Waals surface area contributed by atoms with Gasteiger partial charge in [-0.15, -0.1) is 0 Å². The molecule has 0 radical (unpaired) electrons. The Morgan fingerprint density at radius 1 is 1.09 bits per heavy atom. The fraction of sp³-hybridized carbons (Fsp3) is 0.231. The van der Waals surface area contributed by atoms with Crippen LogP contribution in [-0.4, -0.2) is 28.5 Å². The summed E-state index contributed by atoms with van der Waals surface area (Å²) in [4.78, 5) is 19.9. The van der Waals surface area contributed by atoms with Crippen molar-refractivity contribution >= 4 is 22.5 Å². The van der Waals surface area contributed by atoms with Crippen LogP contribution in [0.3, 0.4) is 0 Å². The molecule has 3 heterocycles. The number of para-hydroxylation sites is 1. The van der Waals surface area contributed by atoms with Crippen molar-refractivity contribution in [2.75, 3.05) is 11.9 Å². The normalized spacial score (nSPS) is 15.4. The minimum Gasteiger partial charge on any atom is -0.490 e. The minimum atomic E-state index is -0.554. The van der Waals surface area contributed by atoms with Crippen molar-refractivity contribution < 1.29 is 9.53 Å². The van der Waals surface area contributed by atoms with E-state index in [4.69, 9.17) is 10.5 Å². The number of ether oxygens (including phenoxy) is 1. The van der Waals surface area contributed by atoms with Gasteiger partial charge >= 0.3 is 0 Å². The van der Waals surface area contributed by atoms with E-state index < -0.39 is 5.41 Å². The van der Waals surface area contributed by atoms with E-state index >= 15 is 0 Å². The number of carbonyl (C=O) groups is 1. The number of rotatable bonds is 6. The Morgan fingerprint density at radius 3 is 2.81 bits per heavy atom. The van der Waals surface area contributed by atoms with Crippen LogP contribution in [0.25, 0.3) is 22.0 Å². The number of aromatic amines is 1. The van der Waals surface area contributed by atoms with Crippen LogP contribution >= 0.6 is 0 Å². The second kappa shape index (κ2) is 7.80. The van der Waals surface area contributed by atoms with Gasteiger partial charge in [-0.2, -0.15) is 0 Å². The first-order valence-corrected chi connectivity index (χ1v) is 10.8. The summed E-state index contributed by atoms with van der Waals surface area (Å²) in [5, 5.41) is 4.14. The smallest absolute Gasteiger partial charge is 0.234 e. The Kier molecular flexibility index (Phi) is 4.94. The zero-order valence-corrected chi connectivity index (χ0v) is 18.2. The maximum absolute atomic E-state index is 12.2. The van der Waals surface area contributed by atoms with E-state index in [2.05, 4.69) is 33.5 Å². The standard InChI is InChI=1S/C26H26N4O2/c1-26(2)22-11-16(7-8-24(22)30-25(26)31)17-10-20(14-28-12-17)32-15-19(27)9-18-13-29-23-6-4-3-5-21(18)23/h3-8,10-14,19,29H,9,15,27H2,1-2H3,(H,30,31)/t19-/m0/s1. The number of fused-ring (bicyclic) bond motifs is 2. The fourth-order valence-electron chi connectivity index (χ4n) is 4.25. The molecule has 1 aliphatic rings. The van der Waals surface area contributed by atoms with Crippen LogP contribution in [0.2, 0.25) is 0 Å². The Bertz CT molecular complexity index is 1310. The van der Waals surface area contributed by atoms with Crippen molar-refractivity contribution in [3.63, 3.8) is 0 Å². The number of hydrogen-bond donors (Lipinski definition) is 3. The topological polar surface area (TPSA) is 93.0 Å². The molecule has 0 saturated carbocycles. The number of hydrogen-bond acceptors (Lipinski definition) is 4. The zero-order chi connectivity index (χ0) is 22.3. The first-order chi connectivity index (χ1) is 15.4. The van der Waals surface area contributed by atoms with Crippen LogP contribution in [0.15, 0.2) is 67.1 Å². The highest BCUT2D eigenvalue weighted by Gasteiger charge is 2.38. The highest BCUT2D eigenvalue weighted by Crippen LogP contribution is 2.39. The summed E-state index contributed by atoms with van der Waals surface area (Å²) in [6.45, 7) is 4.26. The number of anilines is 1. The Balaban J connectivity index is 1.29. The molecule has 2 aromatic heterocycles. The molecule has 6 heteroatoms. The number of nitrogens with two attached hydrogens (primary N) is 1. The Labute approximate surface area is 186 Å². The van der Waals surface area contributed by atoms with Gasteiger partial charge in [-0.1, -0.05) is 24.3 Å². The summed E-state index contributed by atoms with van der Waals surface area (Å²) in [7, 11) is 0. The third-order valence-electron chi connectivity index (χ3n) is 6.18. The van der Waals surface area contributed by atoms with Gasteiger partial charge in [0.15, 0.2) is 0 Å². The van der Waals surface area contributed by atoms with Crippen molar-refractivity contribution in [2.45, 2.75) is 31.7 Å². The average molecular weight is 427 g/mol. The summed E-state index contributed by atoms with van der Waals surface area (Å²) in [5.41, 5.74) is 11.9. The number of aromatic nitrogens is 2. The summed E-state index contributed by atoms with van der Waals surface area (Å²) in [6, 6.07) is 16.0. The van der Waals surface area contributed by atoms with Crippen LogP contribution < -0.4 is 15.8 Å². The first-order valence-electron chi connectivity index (χ1n) is 10.8. The molecule has 1 aliphatic heterocycles. The van der Waals surface area contributed by atoms with Gasteiger partial charge in [-0.25, -0.2) is 0 Å². The van der Waals surface area contributed by atoms with Gasteiger partial charge < -0.3 is 20.8 Å². The van der Waals surface area contributed by atoms with E-state index in [1.54, 1.807) is 12.4 Å². The van der Waals surface area contributed by atoms with Crippen molar-refractivity contribution in [3.05, 3.63) is 78.2 Å². The van der Waals surface area contributed by atoms with Crippen LogP contribution in [0.4, 0.5) is 5.69 Å². The lowest BCUT2D eigenvalue weighted by Crippen LogP contribution is -2.30. The molecule has 0 bridgehead atoms. The fourth-order valence-corrected chi connectivity index (χ4v) is 4.25. The summed E-state index contributed by atoms with van der Waals surface area (Å²) in [6.07, 6.45) is 6.24. The van der Waals surface area contributed by atoms with Gasteiger partial charge in [0.1, 0.15) is 12.4 Å². The molecule has 6 nitrogen and oxygen atoms in total. The second-order valence-electron chi connectivity index (χ2n) is 8.88. The van der Waals surface area contributed by atoms with Crippen LogP contribution in [0.1, 0.15) is 25.0 Å². The third kappa shape index (κ3) is 3.63. The van der Waals surface area contributed by atoms with Gasteiger partial charge in [0.05, 0.1) is 11.6 Å². The molecule has 5 rings (SSSR count). The number of carbonyl (C=O) groups excluding carboxylic acids is 1. The van der Waals surface area contributed by atoms with Crippen molar-refractivity contribution in [1.29, 1.82) is 0 Å². The molecule has 0 aliphatic carbocycles. The van der Waals surface area contributed by atoms with Gasteiger partial charge in [0.2, 0.25) is 5.91 Å². The van der Waals surface area contributed by atoms with E-state index in [1.807, 2.05) is 50.4 Å². The predicted octanol–water partition coefficient (Wildman–Crippen LogP) is 4.41. The lowest BCUT2D eigenvalue weighted by atomic mass is 9.85. The van der Waals surface area contributed by atoms with Crippen molar-refractivity contribution in [3.8, 4) is 16.9 Å². The largest absolute Gasteiger partial charge is 0.490 e. The molecule has 1 amide bonds. The second-order valence-corrected chi connectivity index (χ2v) is 8.88. The van der Waals surface area contributed by atoms with E-state index in [-0.39, 0.29) is 11.9 Å². The Morgan fingerprint density at radius 2 is 1.94 bits per heavy atom. The van der Waals surface area contributed by atoms with Gasteiger partial charge in [-0.3, -0.25) is 9.78 Å². The average Bonchev–Trinajstić information content (AvgIpc) is 3.30. The zero-order valence-electron chi connectivity index (χ0n) is 18.2. The quantitative estimate of drug-likeness (QED) is 0.426. The highest BCUT2D eigenvalue weighted by atomic mass is 16.5. The third-order valence-corrected chi connectivity index (χ3v) is 6.18. The van der Waals surface area contributed by atoms with E-state index in [0.29, 0.717) is 12.4 Å². The number of H-pyrrole nitrogens is 1. The van der Waals surface area contributed by atoms with Crippen LogP contribution in [-0.2, 0) is 16.6 Å². The van der Waals surface area contributed by atoms with Crippen LogP contribution in [0.5, 0.6) is 5.75 Å². The molecule has 0 saturated heterocycles. The number of amides is 1. The summed E-state index contributed by atoms with van der Waals surface area (Å²) < 4.78 is 5.98. The number of benzene rings is 2. The first kappa shape index (κ1) is 20.3. The maximum atomic E-state index is 12.2. The highest BCUT2D eigenvalue weighted by molar-refractivity contribution is 6.06. The molecular weight excluding hydrogens is 400 g/mol. The molecule has 162 valence electrons. The van der Waals surface area contributed by atoms with Crippen LogP contribution in [0, 0.1) is 0 Å². The maximum Gasteiger partial charge on any atom is 0.234 e. The molecule has 0 spiro atoms. The predicted molar refractivity (Wildman–Crippen MR) is 127 cm³/mol. The lowest BCUT2D eigenvalue weighted by molar-refractivity contribution is -0.119. The van der Waals surface area contributed by atoms with Gasteiger partial charge in [-0.05, 0) is 61.2 Å². The molecule has 2 aromatic carbocycles. The number of nitrogens with one attached hydrogen (secondary N) is 2. The number of nitrogens with zero attached hydrogens (tertiary/aromatic N) is 1.